The molecular weight excluding hydrogens is 366 g/mol. The van der Waals surface area contributed by atoms with E-state index >= 15 is 0 Å². The van der Waals surface area contributed by atoms with E-state index in [2.05, 4.69) is 10.5 Å². The van der Waals surface area contributed by atoms with Crippen LogP contribution in [-0.2, 0) is 0 Å². The molecule has 0 spiro atoms. The molecule has 9 heteroatoms. The van der Waals surface area contributed by atoms with Crippen LogP contribution in [0.25, 0.3) is 11.0 Å². The lowest BCUT2D eigenvalue weighted by Gasteiger charge is -2.04. The number of nitrogens with one attached hydrogen (secondary N) is 1. The predicted octanol–water partition coefficient (Wildman–Crippen LogP) is 3.44. The maximum atomic E-state index is 12.3. The van der Waals surface area contributed by atoms with Crippen LogP contribution in [0.5, 0.6) is 11.5 Å². The van der Waals surface area contributed by atoms with Crippen molar-refractivity contribution >= 4 is 28.8 Å². The molecule has 1 aromatic heterocycles. The number of benzene rings is 2. The number of fused-ring (bicyclic) bond motifs is 1. The molecule has 9 nitrogen and oxygen atoms in total. The number of phenols is 1. The molecule has 144 valence electrons. The Kier molecular flexibility index (Phi) is 4.99. The maximum absolute atomic E-state index is 12.3. The Morgan fingerprint density at radius 1 is 1.25 bits per heavy atom. The predicted molar refractivity (Wildman–Crippen MR) is 102 cm³/mol. The molecule has 3 rings (SSSR count). The number of nitro benzene ring substituents is 1. The average Bonchev–Trinajstić information content (AvgIpc) is 3.09. The Bertz CT molecular complexity index is 1090. The number of aryl methyl sites for hydroxylation is 2. The van der Waals surface area contributed by atoms with E-state index in [1.165, 1.54) is 31.5 Å². The number of furan rings is 1. The number of nitrogens with zero attached hydrogens (tertiary/aromatic N) is 2. The average molecular weight is 383 g/mol. The molecule has 28 heavy (non-hydrogen) atoms. The molecule has 0 bridgehead atoms. The topological polar surface area (TPSA) is 127 Å². The second kappa shape index (κ2) is 7.39. The minimum atomic E-state index is -0.621. The number of aromatic hydroxyl groups is 1. The zero-order valence-corrected chi connectivity index (χ0v) is 15.3. The monoisotopic (exact) mass is 383 g/mol. The molecule has 0 aliphatic rings. The van der Waals surface area contributed by atoms with E-state index in [4.69, 9.17) is 9.15 Å². The second-order valence-corrected chi connectivity index (χ2v) is 6.14. The van der Waals surface area contributed by atoms with Crippen LogP contribution in [0.3, 0.4) is 0 Å². The van der Waals surface area contributed by atoms with Gasteiger partial charge in [0.15, 0.2) is 17.1 Å². The van der Waals surface area contributed by atoms with Gasteiger partial charge < -0.3 is 14.3 Å². The maximum Gasteiger partial charge on any atom is 0.307 e. The summed E-state index contributed by atoms with van der Waals surface area (Å²) in [5.41, 5.74) is 4.48. The molecule has 0 saturated heterocycles. The van der Waals surface area contributed by atoms with E-state index in [1.807, 2.05) is 0 Å². The number of methoxy groups -OCH3 is 1. The summed E-state index contributed by atoms with van der Waals surface area (Å²) in [6, 6.07) is 7.35. The number of hydrogen-bond donors (Lipinski definition) is 2. The van der Waals surface area contributed by atoms with Crippen molar-refractivity contribution in [1.82, 2.24) is 5.43 Å². The number of amides is 1. The number of nitro groups is 1. The van der Waals surface area contributed by atoms with Crippen molar-refractivity contribution < 1.29 is 24.0 Å². The SMILES string of the molecule is COc1cc([N+](=O)[O-])cc2cc(C(=O)N/N=C\c3cc(C)c(O)c(C)c3)oc12. The highest BCUT2D eigenvalue weighted by Gasteiger charge is 2.19. The van der Waals surface area contributed by atoms with Gasteiger partial charge >= 0.3 is 5.91 Å². The van der Waals surface area contributed by atoms with E-state index in [0.717, 1.165) is 0 Å². The Balaban J connectivity index is 1.83. The van der Waals surface area contributed by atoms with Crippen molar-refractivity contribution in [3.63, 3.8) is 0 Å². The van der Waals surface area contributed by atoms with Crippen molar-refractivity contribution in [3.8, 4) is 11.5 Å². The molecule has 0 unspecified atom stereocenters. The number of hydrazone groups is 1. The molecule has 0 saturated carbocycles. The van der Waals surface area contributed by atoms with Gasteiger partial charge in [-0.1, -0.05) is 0 Å². The summed E-state index contributed by atoms with van der Waals surface area (Å²) >= 11 is 0. The number of ether oxygens (including phenoxy) is 1. The number of phenolic OH excluding ortho intramolecular Hbond substituents is 1. The van der Waals surface area contributed by atoms with Gasteiger partial charge in [-0.15, -0.1) is 0 Å². The summed E-state index contributed by atoms with van der Waals surface area (Å²) < 4.78 is 10.6. The van der Waals surface area contributed by atoms with Crippen molar-refractivity contribution in [2.24, 2.45) is 5.10 Å². The van der Waals surface area contributed by atoms with Crippen LogP contribution in [0.15, 0.2) is 39.9 Å². The van der Waals surface area contributed by atoms with Crippen molar-refractivity contribution in [3.05, 3.63) is 62.9 Å². The Labute approximate surface area is 159 Å². The minimum Gasteiger partial charge on any atom is -0.507 e. The summed E-state index contributed by atoms with van der Waals surface area (Å²) in [5.74, 6) is -0.318. The number of carbonyl (C=O) groups is 1. The van der Waals surface area contributed by atoms with E-state index in [0.29, 0.717) is 22.1 Å². The molecule has 0 radical (unpaired) electrons. The summed E-state index contributed by atoms with van der Waals surface area (Å²) in [6.07, 6.45) is 1.44. The molecule has 0 atom stereocenters. The van der Waals surface area contributed by atoms with E-state index in [9.17, 15) is 20.0 Å². The van der Waals surface area contributed by atoms with Gasteiger partial charge in [0.25, 0.3) is 5.69 Å². The number of rotatable bonds is 5. The highest BCUT2D eigenvalue weighted by atomic mass is 16.6. The van der Waals surface area contributed by atoms with Crippen molar-refractivity contribution in [2.75, 3.05) is 7.11 Å². The van der Waals surface area contributed by atoms with Gasteiger partial charge in [0.2, 0.25) is 0 Å². The number of non-ortho nitro benzene ring substituents is 1. The third-order valence-corrected chi connectivity index (χ3v) is 4.11. The third-order valence-electron chi connectivity index (χ3n) is 4.11. The highest BCUT2D eigenvalue weighted by molar-refractivity contribution is 5.98. The van der Waals surface area contributed by atoms with Crippen molar-refractivity contribution in [2.45, 2.75) is 13.8 Å². The van der Waals surface area contributed by atoms with E-state index in [-0.39, 0.29) is 28.5 Å². The first-order valence-corrected chi connectivity index (χ1v) is 8.19. The Morgan fingerprint density at radius 2 is 1.93 bits per heavy atom. The summed E-state index contributed by atoms with van der Waals surface area (Å²) in [6.45, 7) is 3.53. The second-order valence-electron chi connectivity index (χ2n) is 6.14. The fourth-order valence-corrected chi connectivity index (χ4v) is 2.76. The molecule has 2 N–H and O–H groups in total. The lowest BCUT2D eigenvalue weighted by molar-refractivity contribution is -0.384. The van der Waals surface area contributed by atoms with E-state index in [1.54, 1.807) is 26.0 Å². The standard InChI is InChI=1S/C19H17N3O6/c1-10-4-12(5-11(2)17(10)23)9-20-21-19(24)16-7-13-6-14(22(25)26)8-15(27-3)18(13)28-16/h4-9,23H,1-3H3,(H,21,24)/b20-9-. The van der Waals surface area contributed by atoms with Gasteiger partial charge in [-0.05, 0) is 48.7 Å². The summed E-state index contributed by atoms with van der Waals surface area (Å²) in [4.78, 5) is 22.7. The van der Waals surface area contributed by atoms with Gasteiger partial charge in [-0.2, -0.15) is 5.10 Å². The summed E-state index contributed by atoms with van der Waals surface area (Å²) in [5, 5.41) is 25.0. The normalized spacial score (nSPS) is 11.1. The third kappa shape index (κ3) is 3.63. The van der Waals surface area contributed by atoms with Crippen LogP contribution >= 0.6 is 0 Å². The van der Waals surface area contributed by atoms with Gasteiger partial charge in [0.1, 0.15) is 5.75 Å². The van der Waals surface area contributed by atoms with Crippen LogP contribution in [0, 0.1) is 24.0 Å². The highest BCUT2D eigenvalue weighted by Crippen LogP contribution is 2.33. The molecule has 1 amide bonds. The number of hydrogen-bond acceptors (Lipinski definition) is 7. The first kappa shape index (κ1) is 18.9. The molecule has 0 aliphatic heterocycles. The van der Waals surface area contributed by atoms with Crippen LogP contribution in [0.1, 0.15) is 27.2 Å². The smallest absolute Gasteiger partial charge is 0.307 e. The van der Waals surface area contributed by atoms with Crippen LogP contribution in [0.2, 0.25) is 0 Å². The summed E-state index contributed by atoms with van der Waals surface area (Å²) in [7, 11) is 1.35. The van der Waals surface area contributed by atoms with E-state index < -0.39 is 10.8 Å². The molecule has 0 aliphatic carbocycles. The first-order chi connectivity index (χ1) is 13.3. The Morgan fingerprint density at radius 3 is 2.54 bits per heavy atom. The van der Waals surface area contributed by atoms with Crippen LogP contribution < -0.4 is 10.2 Å². The molecule has 2 aromatic carbocycles. The molecular formula is C19H17N3O6. The lowest BCUT2D eigenvalue weighted by Crippen LogP contribution is -2.16. The van der Waals surface area contributed by atoms with Gasteiger partial charge in [-0.3, -0.25) is 14.9 Å². The quantitative estimate of drug-likeness (QED) is 0.395. The zero-order valence-electron chi connectivity index (χ0n) is 15.3. The zero-order chi connectivity index (χ0) is 20.4. The number of carbonyl (C=O) groups excluding carboxylic acids is 1. The minimum absolute atomic E-state index is 0.0657. The van der Waals surface area contributed by atoms with Gasteiger partial charge in [0.05, 0.1) is 24.3 Å². The largest absolute Gasteiger partial charge is 0.507 e. The van der Waals surface area contributed by atoms with Gasteiger partial charge in [0, 0.05) is 11.5 Å². The Hall–Kier alpha value is -3.88. The molecule has 3 aromatic rings. The van der Waals surface area contributed by atoms with Crippen molar-refractivity contribution in [1.29, 1.82) is 0 Å². The lowest BCUT2D eigenvalue weighted by atomic mass is 10.1. The molecule has 1 heterocycles. The molecule has 0 fully saturated rings. The van der Waals surface area contributed by atoms with Gasteiger partial charge in [-0.25, -0.2) is 5.43 Å². The fraction of sp³-hybridized carbons (Fsp3) is 0.158. The fourth-order valence-electron chi connectivity index (χ4n) is 2.76. The van der Waals surface area contributed by atoms with Crippen LogP contribution in [0.4, 0.5) is 5.69 Å². The first-order valence-electron chi connectivity index (χ1n) is 8.19. The van der Waals surface area contributed by atoms with Crippen LogP contribution in [-0.4, -0.2) is 29.3 Å².